The summed E-state index contributed by atoms with van der Waals surface area (Å²) in [5.41, 5.74) is 2.64. The van der Waals surface area contributed by atoms with Gasteiger partial charge in [0, 0.05) is 23.2 Å². The van der Waals surface area contributed by atoms with E-state index in [1.54, 1.807) is 29.0 Å². The van der Waals surface area contributed by atoms with Crippen LogP contribution < -0.4 is 14.9 Å². The van der Waals surface area contributed by atoms with E-state index in [1.807, 2.05) is 30.3 Å². The molecule has 1 aliphatic heterocycles. The molecule has 5 rings (SSSR count). The Hall–Kier alpha value is -2.83. The number of hydrogen-bond acceptors (Lipinski definition) is 5. The van der Waals surface area contributed by atoms with Gasteiger partial charge in [0.15, 0.2) is 10.6 Å². The SMILES string of the molecule is CC1(C)CC(=O)C2=C(C1)N=c1sc(=Cc3ccccn3)c(=O)n1C2c1ccc(Cl)cc1. The van der Waals surface area contributed by atoms with E-state index in [9.17, 15) is 9.59 Å². The zero-order chi connectivity index (χ0) is 21.8. The van der Waals surface area contributed by atoms with E-state index in [0.29, 0.717) is 38.5 Å². The largest absolute Gasteiger partial charge is 0.294 e. The molecule has 5 nitrogen and oxygen atoms in total. The van der Waals surface area contributed by atoms with Crippen molar-refractivity contribution < 1.29 is 4.79 Å². The number of aromatic nitrogens is 2. The molecule has 0 saturated carbocycles. The van der Waals surface area contributed by atoms with Crippen LogP contribution in [0.1, 0.15) is 44.0 Å². The number of hydrogen-bond donors (Lipinski definition) is 0. The summed E-state index contributed by atoms with van der Waals surface area (Å²) in [6.45, 7) is 4.16. The first-order chi connectivity index (χ1) is 14.8. The van der Waals surface area contributed by atoms with Crippen molar-refractivity contribution in [1.82, 2.24) is 9.55 Å². The van der Waals surface area contributed by atoms with E-state index >= 15 is 0 Å². The van der Waals surface area contributed by atoms with Crippen molar-refractivity contribution in [3.63, 3.8) is 0 Å². The van der Waals surface area contributed by atoms with Gasteiger partial charge in [-0.3, -0.25) is 19.1 Å². The van der Waals surface area contributed by atoms with Crippen LogP contribution in [0.2, 0.25) is 5.02 Å². The first kappa shape index (κ1) is 20.1. The lowest BCUT2D eigenvalue weighted by molar-refractivity contribution is -0.118. The number of thiazole rings is 1. The van der Waals surface area contributed by atoms with Gasteiger partial charge in [0.1, 0.15) is 0 Å². The van der Waals surface area contributed by atoms with Crippen LogP contribution in [0, 0.1) is 5.41 Å². The van der Waals surface area contributed by atoms with Crippen LogP contribution in [0.5, 0.6) is 0 Å². The summed E-state index contributed by atoms with van der Waals surface area (Å²) >= 11 is 7.44. The molecule has 1 aliphatic carbocycles. The third-order valence-electron chi connectivity index (χ3n) is 5.65. The molecule has 0 amide bonds. The number of pyridine rings is 1. The van der Waals surface area contributed by atoms with E-state index in [4.69, 9.17) is 16.6 Å². The highest BCUT2D eigenvalue weighted by molar-refractivity contribution is 7.07. The number of fused-ring (bicyclic) bond motifs is 1. The summed E-state index contributed by atoms with van der Waals surface area (Å²) in [7, 11) is 0. The number of halogens is 1. The molecule has 2 aromatic heterocycles. The second-order valence-corrected chi connectivity index (χ2v) is 10.1. The number of carbonyl (C=O) groups is 1. The van der Waals surface area contributed by atoms with Gasteiger partial charge in [0.25, 0.3) is 5.56 Å². The van der Waals surface area contributed by atoms with Gasteiger partial charge in [-0.05, 0) is 47.7 Å². The number of allylic oxidation sites excluding steroid dienone is 2. The smallest absolute Gasteiger partial charge is 0.271 e. The Morgan fingerprint density at radius 2 is 1.90 bits per heavy atom. The summed E-state index contributed by atoms with van der Waals surface area (Å²) in [6.07, 6.45) is 4.60. The van der Waals surface area contributed by atoms with Gasteiger partial charge < -0.3 is 0 Å². The van der Waals surface area contributed by atoms with E-state index < -0.39 is 6.04 Å². The molecule has 7 heteroatoms. The van der Waals surface area contributed by atoms with Crippen LogP contribution >= 0.6 is 22.9 Å². The Bertz CT molecular complexity index is 1400. The van der Waals surface area contributed by atoms with E-state index in [2.05, 4.69) is 18.8 Å². The average Bonchev–Trinajstić information content (AvgIpc) is 3.02. The second-order valence-electron chi connectivity index (χ2n) is 8.69. The van der Waals surface area contributed by atoms with E-state index in [-0.39, 0.29) is 16.8 Å². The third-order valence-corrected chi connectivity index (χ3v) is 6.88. The Morgan fingerprint density at radius 3 is 2.61 bits per heavy atom. The van der Waals surface area contributed by atoms with Crippen LogP contribution in [0.15, 0.2) is 69.7 Å². The molecule has 1 unspecified atom stereocenters. The average molecular weight is 450 g/mol. The topological polar surface area (TPSA) is 64.3 Å². The minimum Gasteiger partial charge on any atom is -0.294 e. The molecular weight excluding hydrogens is 430 g/mol. The molecule has 0 radical (unpaired) electrons. The zero-order valence-corrected chi connectivity index (χ0v) is 18.7. The fourth-order valence-corrected chi connectivity index (χ4v) is 5.44. The maximum absolute atomic E-state index is 13.5. The van der Waals surface area contributed by atoms with Crippen molar-refractivity contribution >= 4 is 34.8 Å². The van der Waals surface area contributed by atoms with Gasteiger partial charge in [-0.15, -0.1) is 0 Å². The Kier molecular flexibility index (Phi) is 4.79. The highest BCUT2D eigenvalue weighted by Gasteiger charge is 2.40. The van der Waals surface area contributed by atoms with Crippen molar-refractivity contribution in [3.05, 3.63) is 95.9 Å². The van der Waals surface area contributed by atoms with E-state index in [0.717, 1.165) is 11.3 Å². The normalized spacial score (nSPS) is 20.3. The van der Waals surface area contributed by atoms with Gasteiger partial charge in [0.2, 0.25) is 0 Å². The fraction of sp³-hybridized carbons (Fsp3) is 0.250. The minimum absolute atomic E-state index is 0.0500. The van der Waals surface area contributed by atoms with Crippen molar-refractivity contribution in [2.75, 3.05) is 0 Å². The van der Waals surface area contributed by atoms with Crippen LogP contribution in [0.25, 0.3) is 6.08 Å². The summed E-state index contributed by atoms with van der Waals surface area (Å²) in [4.78, 5) is 36.4. The molecule has 0 bridgehead atoms. The quantitative estimate of drug-likeness (QED) is 0.599. The molecule has 0 N–H and O–H groups in total. The Balaban J connectivity index is 1.78. The lowest BCUT2D eigenvalue weighted by Gasteiger charge is -2.35. The number of benzene rings is 1. The van der Waals surface area contributed by atoms with Gasteiger partial charge in [-0.1, -0.05) is 55.0 Å². The first-order valence-corrected chi connectivity index (χ1v) is 11.3. The Morgan fingerprint density at radius 1 is 1.13 bits per heavy atom. The summed E-state index contributed by atoms with van der Waals surface area (Å²) in [6, 6.07) is 12.4. The molecule has 156 valence electrons. The van der Waals surface area contributed by atoms with Gasteiger partial charge in [-0.25, -0.2) is 4.99 Å². The van der Waals surface area contributed by atoms with Gasteiger partial charge in [-0.2, -0.15) is 0 Å². The molecule has 0 saturated heterocycles. The summed E-state index contributed by atoms with van der Waals surface area (Å²) in [5.74, 6) is 0.0500. The lowest BCUT2D eigenvalue weighted by atomic mass is 9.73. The highest BCUT2D eigenvalue weighted by atomic mass is 35.5. The second kappa shape index (κ2) is 7.39. The molecule has 1 atom stereocenters. The van der Waals surface area contributed by atoms with Crippen molar-refractivity contribution in [1.29, 1.82) is 0 Å². The maximum atomic E-state index is 13.5. The molecule has 0 spiro atoms. The molecule has 2 aliphatic rings. The van der Waals surface area contributed by atoms with Crippen LogP contribution in [-0.4, -0.2) is 15.3 Å². The van der Waals surface area contributed by atoms with Crippen LogP contribution in [0.4, 0.5) is 0 Å². The summed E-state index contributed by atoms with van der Waals surface area (Å²) < 4.78 is 2.19. The number of ketones is 1. The predicted octanol–water partition coefficient (Wildman–Crippen LogP) is 3.65. The molecule has 3 aromatic rings. The van der Waals surface area contributed by atoms with Gasteiger partial charge >= 0.3 is 0 Å². The van der Waals surface area contributed by atoms with Gasteiger partial charge in [0.05, 0.1) is 22.0 Å². The fourth-order valence-electron chi connectivity index (χ4n) is 4.31. The minimum atomic E-state index is -0.502. The molecular formula is C24H20ClN3O2S. The standard InChI is InChI=1S/C24H20ClN3O2S/c1-24(2)12-17-20(18(29)13-24)21(14-6-8-15(25)9-7-14)28-22(30)19(31-23(28)27-17)11-16-5-3-4-10-26-16/h3-11,21H,12-13H2,1-2H3. The molecule has 1 aromatic carbocycles. The number of Topliss-reactive ketones (excluding diaryl/α,β-unsaturated/α-hetero) is 1. The number of nitrogens with zero attached hydrogens (tertiary/aromatic N) is 3. The molecule has 31 heavy (non-hydrogen) atoms. The lowest BCUT2D eigenvalue weighted by Crippen LogP contribution is -2.42. The zero-order valence-electron chi connectivity index (χ0n) is 17.1. The van der Waals surface area contributed by atoms with Crippen LogP contribution in [0.3, 0.4) is 0 Å². The molecule has 3 heterocycles. The molecule has 0 fully saturated rings. The Labute approximate surface area is 188 Å². The third kappa shape index (κ3) is 3.60. The van der Waals surface area contributed by atoms with E-state index in [1.165, 1.54) is 11.3 Å². The monoisotopic (exact) mass is 449 g/mol. The van der Waals surface area contributed by atoms with Crippen LogP contribution in [-0.2, 0) is 4.79 Å². The van der Waals surface area contributed by atoms with Crippen molar-refractivity contribution in [3.8, 4) is 0 Å². The highest BCUT2D eigenvalue weighted by Crippen LogP contribution is 2.43. The predicted molar refractivity (Wildman–Crippen MR) is 122 cm³/mol. The van der Waals surface area contributed by atoms with Crippen molar-refractivity contribution in [2.45, 2.75) is 32.7 Å². The first-order valence-electron chi connectivity index (χ1n) is 10.1. The summed E-state index contributed by atoms with van der Waals surface area (Å²) in [5, 5.41) is 0.608. The van der Waals surface area contributed by atoms with Crippen molar-refractivity contribution in [2.24, 2.45) is 10.4 Å². The number of carbonyl (C=O) groups excluding carboxylic acids is 1. The maximum Gasteiger partial charge on any atom is 0.271 e. The number of rotatable bonds is 2.